The van der Waals surface area contributed by atoms with Crippen LogP contribution in [0.3, 0.4) is 0 Å². The first kappa shape index (κ1) is 19.7. The van der Waals surface area contributed by atoms with E-state index < -0.39 is 0 Å². The van der Waals surface area contributed by atoms with Crippen LogP contribution in [0.5, 0.6) is 17.2 Å². The van der Waals surface area contributed by atoms with Gasteiger partial charge < -0.3 is 14.2 Å². The first-order valence-electron chi connectivity index (χ1n) is 9.49. The van der Waals surface area contributed by atoms with Crippen molar-refractivity contribution in [1.29, 1.82) is 0 Å². The van der Waals surface area contributed by atoms with Gasteiger partial charge in [-0.3, -0.25) is 14.3 Å². The molecular weight excluding hydrogens is 382 g/mol. The molecule has 7 nitrogen and oxygen atoms in total. The van der Waals surface area contributed by atoms with E-state index in [1.807, 2.05) is 26.0 Å². The maximum Gasteiger partial charge on any atom is 0.267 e. The maximum absolute atomic E-state index is 13.5. The van der Waals surface area contributed by atoms with Gasteiger partial charge in [0.15, 0.2) is 11.5 Å². The topological polar surface area (TPSA) is 75.5 Å². The minimum Gasteiger partial charge on any atom is -0.493 e. The SMILES string of the molecule is COc1cc(-n2c(C)nc3c(cnc4cc(C)c(C)cc43)c2=O)cc(OC)c1OC. The molecule has 30 heavy (non-hydrogen) atoms. The van der Waals surface area contributed by atoms with Gasteiger partial charge in [-0.1, -0.05) is 0 Å². The van der Waals surface area contributed by atoms with Crippen LogP contribution in [0.4, 0.5) is 0 Å². The average Bonchev–Trinajstić information content (AvgIpc) is 2.73. The van der Waals surface area contributed by atoms with Crippen molar-refractivity contribution in [1.82, 2.24) is 14.5 Å². The third kappa shape index (κ3) is 2.94. The molecule has 2 aromatic heterocycles. The van der Waals surface area contributed by atoms with E-state index in [-0.39, 0.29) is 5.56 Å². The van der Waals surface area contributed by atoms with Crippen LogP contribution in [-0.4, -0.2) is 35.9 Å². The fourth-order valence-electron chi connectivity index (χ4n) is 3.69. The number of aromatic nitrogens is 3. The Hall–Kier alpha value is -3.61. The Labute approximate surface area is 173 Å². The number of methoxy groups -OCH3 is 3. The fourth-order valence-corrected chi connectivity index (χ4v) is 3.69. The second-order valence-corrected chi connectivity index (χ2v) is 7.16. The summed E-state index contributed by atoms with van der Waals surface area (Å²) in [6.45, 7) is 5.89. The van der Waals surface area contributed by atoms with Crippen LogP contribution < -0.4 is 19.8 Å². The largest absolute Gasteiger partial charge is 0.493 e. The molecule has 0 amide bonds. The molecule has 0 saturated heterocycles. The number of nitrogens with zero attached hydrogens (tertiary/aromatic N) is 3. The highest BCUT2D eigenvalue weighted by molar-refractivity contribution is 6.03. The summed E-state index contributed by atoms with van der Waals surface area (Å²) in [5.41, 5.74) is 4.11. The van der Waals surface area contributed by atoms with Crippen LogP contribution in [0, 0.1) is 20.8 Å². The van der Waals surface area contributed by atoms with E-state index in [2.05, 4.69) is 4.98 Å². The molecule has 0 saturated carbocycles. The number of hydrogen-bond acceptors (Lipinski definition) is 6. The van der Waals surface area contributed by atoms with Crippen LogP contribution >= 0.6 is 0 Å². The second-order valence-electron chi connectivity index (χ2n) is 7.16. The standard InChI is InChI=1S/C23H23N3O4/c1-12-7-16-18(8-13(12)2)24-11-17-21(16)25-14(3)26(23(17)27)15-9-19(28-4)22(30-6)20(10-15)29-5/h7-11H,1-6H3. The minimum atomic E-state index is -0.209. The van der Waals surface area contributed by atoms with Gasteiger partial charge in [0, 0.05) is 23.7 Å². The Morgan fingerprint density at radius 3 is 2.07 bits per heavy atom. The summed E-state index contributed by atoms with van der Waals surface area (Å²) >= 11 is 0. The molecule has 0 atom stereocenters. The van der Waals surface area contributed by atoms with Gasteiger partial charge in [-0.15, -0.1) is 0 Å². The maximum atomic E-state index is 13.5. The molecule has 0 spiro atoms. The fraction of sp³-hybridized carbons (Fsp3) is 0.261. The van der Waals surface area contributed by atoms with E-state index in [1.165, 1.54) is 25.9 Å². The van der Waals surface area contributed by atoms with Gasteiger partial charge in [0.2, 0.25) is 5.75 Å². The average molecular weight is 405 g/mol. The number of hydrogen-bond donors (Lipinski definition) is 0. The minimum absolute atomic E-state index is 0.209. The van der Waals surface area contributed by atoms with E-state index in [9.17, 15) is 4.79 Å². The highest BCUT2D eigenvalue weighted by Crippen LogP contribution is 2.39. The molecule has 0 fully saturated rings. The zero-order valence-electron chi connectivity index (χ0n) is 17.9. The summed E-state index contributed by atoms with van der Waals surface area (Å²) in [5.74, 6) is 1.93. The van der Waals surface area contributed by atoms with Crippen molar-refractivity contribution < 1.29 is 14.2 Å². The summed E-state index contributed by atoms with van der Waals surface area (Å²) in [5, 5.41) is 1.32. The summed E-state index contributed by atoms with van der Waals surface area (Å²) in [6, 6.07) is 7.51. The predicted octanol–water partition coefficient (Wildman–Crippen LogP) is 3.88. The van der Waals surface area contributed by atoms with Crippen LogP contribution in [-0.2, 0) is 0 Å². The van der Waals surface area contributed by atoms with E-state index >= 15 is 0 Å². The summed E-state index contributed by atoms with van der Waals surface area (Å²) in [7, 11) is 4.61. The number of benzene rings is 2. The van der Waals surface area contributed by atoms with Crippen LogP contribution in [0.25, 0.3) is 27.5 Å². The molecule has 0 aliphatic rings. The molecule has 0 aliphatic heterocycles. The Morgan fingerprint density at radius 1 is 0.833 bits per heavy atom. The molecular formula is C23H23N3O4. The zero-order valence-corrected chi connectivity index (χ0v) is 17.9. The summed E-state index contributed by atoms with van der Waals surface area (Å²) in [6.07, 6.45) is 1.59. The van der Waals surface area contributed by atoms with Gasteiger partial charge in [-0.2, -0.15) is 0 Å². The summed E-state index contributed by atoms with van der Waals surface area (Å²) in [4.78, 5) is 22.8. The molecule has 0 aliphatic carbocycles. The molecule has 4 rings (SSSR count). The lowest BCUT2D eigenvalue weighted by atomic mass is 10.0. The third-order valence-electron chi connectivity index (χ3n) is 5.39. The molecule has 154 valence electrons. The lowest BCUT2D eigenvalue weighted by Gasteiger charge is -2.17. The van der Waals surface area contributed by atoms with Crippen molar-refractivity contribution >= 4 is 21.8 Å². The van der Waals surface area contributed by atoms with Gasteiger partial charge in [-0.05, 0) is 44.0 Å². The smallest absolute Gasteiger partial charge is 0.267 e. The van der Waals surface area contributed by atoms with Crippen LogP contribution in [0.2, 0.25) is 0 Å². The van der Waals surface area contributed by atoms with Crippen LogP contribution in [0.1, 0.15) is 17.0 Å². The number of fused-ring (bicyclic) bond motifs is 3. The van der Waals surface area contributed by atoms with Crippen molar-refractivity contribution in [2.24, 2.45) is 0 Å². The molecule has 2 heterocycles. The molecule has 0 unspecified atom stereocenters. The highest BCUT2D eigenvalue weighted by atomic mass is 16.5. The van der Waals surface area contributed by atoms with E-state index in [0.29, 0.717) is 39.7 Å². The molecule has 0 N–H and O–H groups in total. The third-order valence-corrected chi connectivity index (χ3v) is 5.39. The first-order valence-corrected chi connectivity index (χ1v) is 9.49. The van der Waals surface area contributed by atoms with Gasteiger partial charge >= 0.3 is 0 Å². The molecule has 7 heteroatoms. The normalized spacial score (nSPS) is 11.1. The van der Waals surface area contributed by atoms with Crippen LogP contribution in [0.15, 0.2) is 35.3 Å². The van der Waals surface area contributed by atoms with E-state index in [4.69, 9.17) is 19.2 Å². The summed E-state index contributed by atoms with van der Waals surface area (Å²) < 4.78 is 17.8. The van der Waals surface area contributed by atoms with E-state index in [0.717, 1.165) is 22.0 Å². The van der Waals surface area contributed by atoms with Gasteiger partial charge in [0.05, 0.1) is 43.4 Å². The Balaban J connectivity index is 2.05. The zero-order chi connectivity index (χ0) is 21.6. The van der Waals surface area contributed by atoms with Crippen molar-refractivity contribution in [2.75, 3.05) is 21.3 Å². The highest BCUT2D eigenvalue weighted by Gasteiger charge is 2.18. The lowest BCUT2D eigenvalue weighted by Crippen LogP contribution is -2.22. The van der Waals surface area contributed by atoms with E-state index in [1.54, 1.807) is 25.3 Å². The van der Waals surface area contributed by atoms with Gasteiger partial charge in [0.1, 0.15) is 5.82 Å². The van der Waals surface area contributed by atoms with Gasteiger partial charge in [-0.25, -0.2) is 4.98 Å². The molecule has 4 aromatic rings. The number of aryl methyl sites for hydroxylation is 3. The molecule has 0 bridgehead atoms. The van der Waals surface area contributed by atoms with Crippen molar-refractivity contribution in [2.45, 2.75) is 20.8 Å². The Kier molecular flexibility index (Phi) is 4.81. The van der Waals surface area contributed by atoms with Crippen molar-refractivity contribution in [3.05, 3.63) is 57.8 Å². The molecule has 2 aromatic carbocycles. The Morgan fingerprint density at radius 2 is 1.47 bits per heavy atom. The predicted molar refractivity (Wildman–Crippen MR) is 117 cm³/mol. The number of rotatable bonds is 4. The lowest BCUT2D eigenvalue weighted by molar-refractivity contribution is 0.324. The second kappa shape index (κ2) is 7.33. The van der Waals surface area contributed by atoms with Crippen molar-refractivity contribution in [3.63, 3.8) is 0 Å². The monoisotopic (exact) mass is 405 g/mol. The van der Waals surface area contributed by atoms with Gasteiger partial charge in [0.25, 0.3) is 5.56 Å². The first-order chi connectivity index (χ1) is 14.4. The number of ether oxygens (including phenoxy) is 3. The number of pyridine rings is 1. The Bertz CT molecular complexity index is 1330. The molecule has 0 radical (unpaired) electrons. The van der Waals surface area contributed by atoms with Crippen molar-refractivity contribution in [3.8, 4) is 22.9 Å². The quantitative estimate of drug-likeness (QED) is 0.480.